The number of aryl methyl sites for hydroxylation is 2. The molecule has 0 saturated heterocycles. The first-order chi connectivity index (χ1) is 15.0. The van der Waals surface area contributed by atoms with Crippen LogP contribution in [0.25, 0.3) is 16.8 Å². The lowest BCUT2D eigenvalue weighted by molar-refractivity contribution is 0.232. The average molecular weight is 420 g/mol. The summed E-state index contributed by atoms with van der Waals surface area (Å²) in [5, 5.41) is 8.44. The third-order valence-corrected chi connectivity index (χ3v) is 5.17. The van der Waals surface area contributed by atoms with Crippen molar-refractivity contribution in [2.75, 3.05) is 7.11 Å². The lowest BCUT2D eigenvalue weighted by atomic mass is 10.0. The Morgan fingerprint density at radius 3 is 2.58 bits per heavy atom. The molecule has 0 amide bonds. The number of aromatic nitrogens is 4. The number of fused-ring (bicyclic) bond motifs is 1. The Morgan fingerprint density at radius 1 is 1.03 bits per heavy atom. The molecule has 7 heteroatoms. The monoisotopic (exact) mass is 420 g/mol. The summed E-state index contributed by atoms with van der Waals surface area (Å²) in [7, 11) is 1.55. The summed E-state index contributed by atoms with van der Waals surface area (Å²) < 4.78 is 27.3. The molecular formula is C24H25FN4O2. The van der Waals surface area contributed by atoms with Crippen LogP contribution in [0.1, 0.15) is 30.8 Å². The van der Waals surface area contributed by atoms with Crippen molar-refractivity contribution in [3.8, 4) is 22.8 Å². The summed E-state index contributed by atoms with van der Waals surface area (Å²) in [6.45, 7) is 5.90. The Hall–Kier alpha value is -3.48. The van der Waals surface area contributed by atoms with Crippen LogP contribution in [0, 0.1) is 12.7 Å². The number of nitrogens with zero attached hydrogens (tertiary/aromatic N) is 4. The van der Waals surface area contributed by atoms with Gasteiger partial charge in [0.05, 0.1) is 13.2 Å². The van der Waals surface area contributed by atoms with E-state index in [1.54, 1.807) is 25.6 Å². The van der Waals surface area contributed by atoms with Crippen LogP contribution in [0.3, 0.4) is 0 Å². The van der Waals surface area contributed by atoms with Gasteiger partial charge in [-0.25, -0.2) is 9.37 Å². The van der Waals surface area contributed by atoms with Gasteiger partial charge < -0.3 is 9.47 Å². The summed E-state index contributed by atoms with van der Waals surface area (Å²) in [6, 6.07) is 12.8. The van der Waals surface area contributed by atoms with Crippen LogP contribution in [-0.4, -0.2) is 32.8 Å². The predicted molar refractivity (Wildman–Crippen MR) is 117 cm³/mol. The van der Waals surface area contributed by atoms with E-state index < -0.39 is 0 Å². The van der Waals surface area contributed by atoms with Gasteiger partial charge in [-0.1, -0.05) is 6.07 Å². The van der Waals surface area contributed by atoms with Crippen molar-refractivity contribution < 1.29 is 13.9 Å². The first-order valence-corrected chi connectivity index (χ1v) is 10.3. The number of benzene rings is 1. The molecule has 0 bridgehead atoms. The maximum absolute atomic E-state index is 14.3. The molecule has 160 valence electrons. The number of halogens is 1. The van der Waals surface area contributed by atoms with Crippen LogP contribution in [0.2, 0.25) is 0 Å². The molecule has 0 aliphatic heterocycles. The standard InChI is InChI=1S/C24H25FN4O2/c1-15(2)31-23-13-12-18(16(3)27-23)19-10-8-17(29-14-26-28-24(19)29)9-11-20-21(25)6-5-7-22(20)30-4/h5-8,10,12-15H,9,11H2,1-4H3. The van der Waals surface area contributed by atoms with Crippen LogP contribution in [0.15, 0.2) is 48.8 Å². The normalized spacial score (nSPS) is 11.3. The van der Waals surface area contributed by atoms with Crippen LogP contribution >= 0.6 is 0 Å². The van der Waals surface area contributed by atoms with Gasteiger partial charge in [-0.2, -0.15) is 0 Å². The fourth-order valence-electron chi connectivity index (χ4n) is 3.73. The Morgan fingerprint density at radius 2 is 1.84 bits per heavy atom. The minimum atomic E-state index is -0.263. The third-order valence-electron chi connectivity index (χ3n) is 5.17. The summed E-state index contributed by atoms with van der Waals surface area (Å²) in [5.41, 5.74) is 5.05. The Labute approximate surface area is 180 Å². The second-order valence-electron chi connectivity index (χ2n) is 7.63. The maximum Gasteiger partial charge on any atom is 0.213 e. The highest BCUT2D eigenvalue weighted by Crippen LogP contribution is 2.29. The number of hydrogen-bond donors (Lipinski definition) is 0. The van der Waals surface area contributed by atoms with E-state index in [1.807, 2.05) is 49.4 Å². The van der Waals surface area contributed by atoms with Gasteiger partial charge in [0, 0.05) is 34.1 Å². The summed E-state index contributed by atoms with van der Waals surface area (Å²) in [4.78, 5) is 4.57. The van der Waals surface area contributed by atoms with Crippen molar-refractivity contribution in [3.63, 3.8) is 0 Å². The minimum absolute atomic E-state index is 0.0633. The topological polar surface area (TPSA) is 61.5 Å². The second kappa shape index (κ2) is 8.71. The van der Waals surface area contributed by atoms with E-state index in [-0.39, 0.29) is 11.9 Å². The molecule has 0 spiro atoms. The van der Waals surface area contributed by atoms with Gasteiger partial charge in [-0.3, -0.25) is 4.40 Å². The molecule has 31 heavy (non-hydrogen) atoms. The fourth-order valence-corrected chi connectivity index (χ4v) is 3.73. The first kappa shape index (κ1) is 20.8. The van der Waals surface area contributed by atoms with Gasteiger partial charge >= 0.3 is 0 Å². The third kappa shape index (κ3) is 4.21. The molecule has 0 unspecified atom stereocenters. The predicted octanol–water partition coefficient (Wildman–Crippen LogP) is 4.82. The molecule has 0 saturated carbocycles. The largest absolute Gasteiger partial charge is 0.496 e. The molecule has 3 heterocycles. The summed E-state index contributed by atoms with van der Waals surface area (Å²) in [5.74, 6) is 0.896. The van der Waals surface area contributed by atoms with Crippen molar-refractivity contribution in [1.82, 2.24) is 19.6 Å². The molecule has 3 aromatic heterocycles. The van der Waals surface area contributed by atoms with Crippen LogP contribution in [0.5, 0.6) is 11.6 Å². The Kier molecular flexibility index (Phi) is 5.84. The smallest absolute Gasteiger partial charge is 0.213 e. The van der Waals surface area contributed by atoms with E-state index in [2.05, 4.69) is 15.2 Å². The number of methoxy groups -OCH3 is 1. The van der Waals surface area contributed by atoms with Crippen LogP contribution in [0.4, 0.5) is 4.39 Å². The molecule has 0 N–H and O–H groups in total. The molecule has 4 aromatic rings. The van der Waals surface area contributed by atoms with E-state index in [9.17, 15) is 4.39 Å². The lowest BCUT2D eigenvalue weighted by Crippen LogP contribution is -2.07. The first-order valence-electron chi connectivity index (χ1n) is 10.3. The maximum atomic E-state index is 14.3. The van der Waals surface area contributed by atoms with E-state index in [0.29, 0.717) is 30.0 Å². The number of pyridine rings is 2. The van der Waals surface area contributed by atoms with Crippen molar-refractivity contribution in [2.45, 2.75) is 39.7 Å². The van der Waals surface area contributed by atoms with Gasteiger partial charge in [0.25, 0.3) is 0 Å². The second-order valence-corrected chi connectivity index (χ2v) is 7.63. The summed E-state index contributed by atoms with van der Waals surface area (Å²) in [6.07, 6.45) is 2.87. The van der Waals surface area contributed by atoms with Gasteiger partial charge in [0.1, 0.15) is 17.9 Å². The van der Waals surface area contributed by atoms with Crippen molar-refractivity contribution in [3.05, 3.63) is 71.6 Å². The molecule has 1 aromatic carbocycles. The van der Waals surface area contributed by atoms with E-state index in [0.717, 1.165) is 28.2 Å². The van der Waals surface area contributed by atoms with Crippen molar-refractivity contribution in [2.24, 2.45) is 0 Å². The van der Waals surface area contributed by atoms with E-state index >= 15 is 0 Å². The van der Waals surface area contributed by atoms with Gasteiger partial charge in [-0.15, -0.1) is 10.2 Å². The quantitative estimate of drug-likeness (QED) is 0.429. The molecule has 0 radical (unpaired) electrons. The fraction of sp³-hybridized carbons (Fsp3) is 0.292. The van der Waals surface area contributed by atoms with Gasteiger partial charge in [0.15, 0.2) is 5.65 Å². The SMILES string of the molecule is COc1cccc(F)c1CCc1ccc(-c2ccc(OC(C)C)nc2C)c2nncn12. The molecule has 0 aliphatic carbocycles. The Bertz CT molecular complexity index is 1220. The molecule has 6 nitrogen and oxygen atoms in total. The number of hydrogen-bond acceptors (Lipinski definition) is 5. The zero-order chi connectivity index (χ0) is 22.0. The Balaban J connectivity index is 1.66. The highest BCUT2D eigenvalue weighted by Gasteiger charge is 2.15. The number of rotatable bonds is 7. The zero-order valence-electron chi connectivity index (χ0n) is 18.1. The van der Waals surface area contributed by atoms with Gasteiger partial charge in [-0.05, 0) is 63.9 Å². The molecule has 4 rings (SSSR count). The minimum Gasteiger partial charge on any atom is -0.496 e. The highest BCUT2D eigenvalue weighted by atomic mass is 19.1. The van der Waals surface area contributed by atoms with E-state index in [4.69, 9.17) is 9.47 Å². The van der Waals surface area contributed by atoms with Gasteiger partial charge in [0.2, 0.25) is 5.88 Å². The van der Waals surface area contributed by atoms with Crippen molar-refractivity contribution >= 4 is 5.65 Å². The molecule has 0 fully saturated rings. The lowest BCUT2D eigenvalue weighted by Gasteiger charge is -2.14. The van der Waals surface area contributed by atoms with Crippen molar-refractivity contribution in [1.29, 1.82) is 0 Å². The van der Waals surface area contributed by atoms with E-state index in [1.165, 1.54) is 6.07 Å². The zero-order valence-corrected chi connectivity index (χ0v) is 18.1. The molecular weight excluding hydrogens is 395 g/mol. The number of ether oxygens (including phenoxy) is 2. The molecule has 0 atom stereocenters. The highest BCUT2D eigenvalue weighted by molar-refractivity contribution is 5.79. The average Bonchev–Trinajstić information content (AvgIpc) is 3.23. The van der Waals surface area contributed by atoms with Crippen LogP contribution < -0.4 is 9.47 Å². The molecule has 0 aliphatic rings. The summed E-state index contributed by atoms with van der Waals surface area (Å²) >= 11 is 0. The van der Waals surface area contributed by atoms with Crippen LogP contribution in [-0.2, 0) is 12.8 Å².